The Morgan fingerprint density at radius 3 is 2.47 bits per heavy atom. The summed E-state index contributed by atoms with van der Waals surface area (Å²) in [5.41, 5.74) is -0.126. The normalized spacial score (nSPS) is 19.1. The third kappa shape index (κ3) is 1.81. The van der Waals surface area contributed by atoms with Gasteiger partial charge >= 0.3 is 0 Å². The molecule has 1 aliphatic rings. The Bertz CT molecular complexity index is 378. The second kappa shape index (κ2) is 3.76. The van der Waals surface area contributed by atoms with E-state index in [0.29, 0.717) is 24.0 Å². The summed E-state index contributed by atoms with van der Waals surface area (Å²) in [6.45, 7) is 1.50. The average Bonchev–Trinajstić information content (AvgIpc) is 2.66. The molecule has 0 N–H and O–H groups in total. The number of Topliss-reactive ketones (excluding diaryl/α,β-unsaturated/α-hetero) is 1. The smallest absolute Gasteiger partial charge is 0.160 e. The van der Waals surface area contributed by atoms with Crippen molar-refractivity contribution in [2.24, 2.45) is 0 Å². The highest BCUT2D eigenvalue weighted by Crippen LogP contribution is 2.43. The maximum absolute atomic E-state index is 14.5. The summed E-state index contributed by atoms with van der Waals surface area (Å²) in [5, 5.41) is 0. The van der Waals surface area contributed by atoms with Gasteiger partial charge in [-0.25, -0.2) is 4.39 Å². The van der Waals surface area contributed by atoms with Crippen LogP contribution in [0.2, 0.25) is 0 Å². The number of alkyl halides is 1. The van der Waals surface area contributed by atoms with Crippen molar-refractivity contribution in [1.82, 2.24) is 0 Å². The molecule has 0 aliphatic heterocycles. The van der Waals surface area contributed by atoms with Gasteiger partial charge < -0.3 is 0 Å². The first kappa shape index (κ1) is 10.3. The van der Waals surface area contributed by atoms with Crippen molar-refractivity contribution in [1.29, 1.82) is 0 Å². The summed E-state index contributed by atoms with van der Waals surface area (Å²) in [4.78, 5) is 11.4. The van der Waals surface area contributed by atoms with Crippen molar-refractivity contribution >= 4 is 5.78 Å². The average molecular weight is 206 g/mol. The standard InChI is InChI=1S/C13H15FO/c1-10(15)11-6-2-3-7-12(11)13(14)8-4-5-9-13/h2-3,6-7H,4-5,8-9H2,1H3. The van der Waals surface area contributed by atoms with Gasteiger partial charge in [0.15, 0.2) is 5.78 Å². The van der Waals surface area contributed by atoms with Gasteiger partial charge in [0.1, 0.15) is 5.67 Å². The minimum Gasteiger partial charge on any atom is -0.294 e. The van der Waals surface area contributed by atoms with E-state index >= 15 is 0 Å². The van der Waals surface area contributed by atoms with Crippen LogP contribution in [0.1, 0.15) is 48.5 Å². The lowest BCUT2D eigenvalue weighted by molar-refractivity contribution is 0.100. The fraction of sp³-hybridized carbons (Fsp3) is 0.462. The molecule has 1 aromatic carbocycles. The van der Waals surface area contributed by atoms with Crippen LogP contribution in [0.4, 0.5) is 4.39 Å². The fourth-order valence-corrected chi connectivity index (χ4v) is 2.39. The molecule has 0 amide bonds. The van der Waals surface area contributed by atoms with E-state index in [1.54, 1.807) is 24.3 Å². The summed E-state index contributed by atoms with van der Waals surface area (Å²) in [6.07, 6.45) is 2.94. The van der Waals surface area contributed by atoms with Gasteiger partial charge in [-0.15, -0.1) is 0 Å². The Kier molecular flexibility index (Phi) is 2.59. The summed E-state index contributed by atoms with van der Waals surface area (Å²) < 4.78 is 14.5. The zero-order valence-electron chi connectivity index (χ0n) is 8.92. The molecule has 1 saturated carbocycles. The number of ketones is 1. The lowest BCUT2D eigenvalue weighted by Crippen LogP contribution is -2.18. The number of rotatable bonds is 2. The van der Waals surface area contributed by atoms with Crippen LogP contribution in [0.15, 0.2) is 24.3 Å². The second-order valence-corrected chi connectivity index (χ2v) is 4.27. The van der Waals surface area contributed by atoms with Crippen LogP contribution in [0.25, 0.3) is 0 Å². The molecule has 80 valence electrons. The van der Waals surface area contributed by atoms with Gasteiger partial charge in [-0.05, 0) is 38.2 Å². The molecule has 0 saturated heterocycles. The Morgan fingerprint density at radius 1 is 1.27 bits per heavy atom. The summed E-state index contributed by atoms with van der Waals surface area (Å²) in [5.74, 6) is -0.0467. The molecule has 0 atom stereocenters. The molecule has 1 aromatic rings. The highest BCUT2D eigenvalue weighted by atomic mass is 19.1. The van der Waals surface area contributed by atoms with E-state index in [1.165, 1.54) is 6.92 Å². The first-order chi connectivity index (χ1) is 7.13. The zero-order chi connectivity index (χ0) is 10.9. The van der Waals surface area contributed by atoms with Crippen molar-refractivity contribution in [2.75, 3.05) is 0 Å². The summed E-state index contributed by atoms with van der Waals surface area (Å²) in [7, 11) is 0. The highest BCUT2D eigenvalue weighted by molar-refractivity contribution is 5.95. The monoisotopic (exact) mass is 206 g/mol. The lowest BCUT2D eigenvalue weighted by Gasteiger charge is -2.21. The third-order valence-electron chi connectivity index (χ3n) is 3.19. The largest absolute Gasteiger partial charge is 0.294 e. The Labute approximate surface area is 89.3 Å². The molecule has 2 heteroatoms. The van der Waals surface area contributed by atoms with Gasteiger partial charge in [0.2, 0.25) is 0 Å². The number of carbonyl (C=O) groups excluding carboxylic acids is 1. The molecule has 2 rings (SSSR count). The minimum atomic E-state index is -1.26. The predicted octanol–water partition coefficient (Wildman–Crippen LogP) is 3.63. The third-order valence-corrected chi connectivity index (χ3v) is 3.19. The van der Waals surface area contributed by atoms with Crippen LogP contribution in [-0.2, 0) is 5.67 Å². The first-order valence-corrected chi connectivity index (χ1v) is 5.43. The van der Waals surface area contributed by atoms with Crippen molar-refractivity contribution < 1.29 is 9.18 Å². The quantitative estimate of drug-likeness (QED) is 0.675. The molecule has 0 aromatic heterocycles. The molecule has 1 nitrogen and oxygen atoms in total. The van der Waals surface area contributed by atoms with Crippen molar-refractivity contribution in [3.63, 3.8) is 0 Å². The molecular formula is C13H15FO. The predicted molar refractivity (Wildman–Crippen MR) is 57.7 cm³/mol. The molecule has 0 unspecified atom stereocenters. The van der Waals surface area contributed by atoms with E-state index in [9.17, 15) is 9.18 Å². The number of benzene rings is 1. The molecule has 0 bridgehead atoms. The van der Waals surface area contributed by atoms with E-state index in [-0.39, 0.29) is 5.78 Å². The maximum atomic E-state index is 14.5. The molecule has 1 fully saturated rings. The van der Waals surface area contributed by atoms with E-state index in [4.69, 9.17) is 0 Å². The number of carbonyl (C=O) groups is 1. The van der Waals surface area contributed by atoms with E-state index < -0.39 is 5.67 Å². The Morgan fingerprint density at radius 2 is 1.87 bits per heavy atom. The SMILES string of the molecule is CC(=O)c1ccccc1C1(F)CCCC1. The second-order valence-electron chi connectivity index (χ2n) is 4.27. The molecule has 0 heterocycles. The fourth-order valence-electron chi connectivity index (χ4n) is 2.39. The van der Waals surface area contributed by atoms with Crippen LogP contribution in [-0.4, -0.2) is 5.78 Å². The van der Waals surface area contributed by atoms with E-state index in [0.717, 1.165) is 12.8 Å². The van der Waals surface area contributed by atoms with Gasteiger partial charge in [-0.2, -0.15) is 0 Å². The van der Waals surface area contributed by atoms with Crippen LogP contribution in [0.3, 0.4) is 0 Å². The van der Waals surface area contributed by atoms with Crippen LogP contribution in [0.5, 0.6) is 0 Å². The zero-order valence-corrected chi connectivity index (χ0v) is 8.92. The lowest BCUT2D eigenvalue weighted by atomic mass is 9.89. The summed E-state index contributed by atoms with van der Waals surface area (Å²) >= 11 is 0. The topological polar surface area (TPSA) is 17.1 Å². The number of hydrogen-bond acceptors (Lipinski definition) is 1. The van der Waals surface area contributed by atoms with Gasteiger partial charge in [0, 0.05) is 5.56 Å². The van der Waals surface area contributed by atoms with Gasteiger partial charge in [-0.1, -0.05) is 24.3 Å². The minimum absolute atomic E-state index is 0.0467. The molecule has 1 aliphatic carbocycles. The van der Waals surface area contributed by atoms with Crippen molar-refractivity contribution in [2.45, 2.75) is 38.3 Å². The molecular weight excluding hydrogens is 191 g/mol. The van der Waals surface area contributed by atoms with Crippen molar-refractivity contribution in [3.8, 4) is 0 Å². The van der Waals surface area contributed by atoms with E-state index in [1.807, 2.05) is 0 Å². The van der Waals surface area contributed by atoms with Crippen LogP contribution < -0.4 is 0 Å². The van der Waals surface area contributed by atoms with Crippen LogP contribution >= 0.6 is 0 Å². The van der Waals surface area contributed by atoms with Gasteiger partial charge in [-0.3, -0.25) is 4.79 Å². The number of hydrogen-bond donors (Lipinski definition) is 0. The highest BCUT2D eigenvalue weighted by Gasteiger charge is 2.37. The molecule has 0 radical (unpaired) electrons. The Balaban J connectivity index is 2.47. The molecule has 0 spiro atoms. The van der Waals surface area contributed by atoms with E-state index in [2.05, 4.69) is 0 Å². The molecule has 15 heavy (non-hydrogen) atoms. The number of halogens is 1. The Hall–Kier alpha value is -1.18. The first-order valence-electron chi connectivity index (χ1n) is 5.43. The van der Waals surface area contributed by atoms with Gasteiger partial charge in [0.25, 0.3) is 0 Å². The summed E-state index contributed by atoms with van der Waals surface area (Å²) in [6, 6.07) is 7.07. The maximum Gasteiger partial charge on any atom is 0.160 e. The van der Waals surface area contributed by atoms with Crippen molar-refractivity contribution in [3.05, 3.63) is 35.4 Å². The van der Waals surface area contributed by atoms with Crippen LogP contribution in [0, 0.1) is 0 Å². The van der Waals surface area contributed by atoms with Gasteiger partial charge in [0.05, 0.1) is 0 Å².